The highest BCUT2D eigenvalue weighted by Crippen LogP contribution is 2.24. The van der Waals surface area contributed by atoms with Crippen LogP contribution in [0.4, 0.5) is 0 Å². The number of carbonyl (C=O) groups is 2. The molecule has 1 atom stereocenters. The first-order valence-electron chi connectivity index (χ1n) is 8.84. The summed E-state index contributed by atoms with van der Waals surface area (Å²) in [5.74, 6) is 0.517. The number of allylic oxidation sites excluding steroid dienone is 2. The van der Waals surface area contributed by atoms with Crippen molar-refractivity contribution in [2.24, 2.45) is 11.8 Å². The molecule has 1 aromatic heterocycles. The summed E-state index contributed by atoms with van der Waals surface area (Å²) in [6, 6.07) is 3.82. The molecular formula is C19H25N3O2. The predicted molar refractivity (Wildman–Crippen MR) is 91.9 cm³/mol. The van der Waals surface area contributed by atoms with E-state index < -0.39 is 0 Å². The minimum Gasteiger partial charge on any atom is -0.352 e. The fourth-order valence-electron chi connectivity index (χ4n) is 3.47. The second-order valence-corrected chi connectivity index (χ2v) is 6.66. The molecule has 2 amide bonds. The summed E-state index contributed by atoms with van der Waals surface area (Å²) in [5, 5.41) is 2.98. The maximum Gasteiger partial charge on any atom is 0.226 e. The van der Waals surface area contributed by atoms with Crippen molar-refractivity contribution in [3.63, 3.8) is 0 Å². The molecule has 5 nitrogen and oxygen atoms in total. The minimum atomic E-state index is 0.0111. The molecule has 0 saturated carbocycles. The fourth-order valence-corrected chi connectivity index (χ4v) is 3.47. The SMILES string of the molecule is O=C(NCc1cccnc1)C1CCN(C(=O)[C@H]2CC=CCC2)CC1. The van der Waals surface area contributed by atoms with Gasteiger partial charge in [0.2, 0.25) is 11.8 Å². The van der Waals surface area contributed by atoms with Crippen molar-refractivity contribution in [1.82, 2.24) is 15.2 Å². The Morgan fingerprint density at radius 3 is 2.67 bits per heavy atom. The molecular weight excluding hydrogens is 302 g/mol. The average molecular weight is 327 g/mol. The number of rotatable bonds is 4. The van der Waals surface area contributed by atoms with E-state index in [1.165, 1.54) is 0 Å². The monoisotopic (exact) mass is 327 g/mol. The minimum absolute atomic E-state index is 0.0111. The number of hydrogen-bond donors (Lipinski definition) is 1. The van der Waals surface area contributed by atoms with Gasteiger partial charge in [0.05, 0.1) is 0 Å². The Hall–Kier alpha value is -2.17. The van der Waals surface area contributed by atoms with Crippen LogP contribution in [0.5, 0.6) is 0 Å². The molecule has 0 bridgehead atoms. The zero-order valence-electron chi connectivity index (χ0n) is 14.0. The number of amides is 2. The molecule has 2 aliphatic rings. The van der Waals surface area contributed by atoms with Crippen LogP contribution < -0.4 is 5.32 Å². The molecule has 1 aromatic rings. The maximum atomic E-state index is 12.5. The highest BCUT2D eigenvalue weighted by atomic mass is 16.2. The van der Waals surface area contributed by atoms with Crippen LogP contribution in [0.2, 0.25) is 0 Å². The molecule has 5 heteroatoms. The first-order chi connectivity index (χ1) is 11.7. The van der Waals surface area contributed by atoms with E-state index in [0.717, 1.165) is 37.7 Å². The predicted octanol–water partition coefficient (Wildman–Crippen LogP) is 2.29. The number of hydrogen-bond acceptors (Lipinski definition) is 3. The lowest BCUT2D eigenvalue weighted by Gasteiger charge is -2.34. The van der Waals surface area contributed by atoms with Crippen LogP contribution in [0.15, 0.2) is 36.7 Å². The lowest BCUT2D eigenvalue weighted by molar-refractivity contribution is -0.139. The van der Waals surface area contributed by atoms with Gasteiger partial charge in [-0.25, -0.2) is 0 Å². The van der Waals surface area contributed by atoms with Crippen LogP contribution in [0.1, 0.15) is 37.7 Å². The third kappa shape index (κ3) is 4.22. The van der Waals surface area contributed by atoms with Crippen LogP contribution in [-0.2, 0) is 16.1 Å². The fraction of sp³-hybridized carbons (Fsp3) is 0.526. The molecule has 128 valence electrons. The van der Waals surface area contributed by atoms with Crippen molar-refractivity contribution in [3.05, 3.63) is 42.2 Å². The van der Waals surface area contributed by atoms with Gasteiger partial charge in [-0.05, 0) is 43.7 Å². The van der Waals surface area contributed by atoms with E-state index in [1.807, 2.05) is 17.0 Å². The molecule has 2 heterocycles. The summed E-state index contributed by atoms with van der Waals surface area (Å²) < 4.78 is 0. The number of nitrogens with one attached hydrogen (secondary N) is 1. The third-order valence-corrected chi connectivity index (χ3v) is 4.99. The Bertz CT molecular complexity index is 592. The second-order valence-electron chi connectivity index (χ2n) is 6.66. The highest BCUT2D eigenvalue weighted by molar-refractivity contribution is 5.81. The Balaban J connectivity index is 1.43. The lowest BCUT2D eigenvalue weighted by Crippen LogP contribution is -2.45. The van der Waals surface area contributed by atoms with E-state index in [9.17, 15) is 9.59 Å². The van der Waals surface area contributed by atoms with Crippen LogP contribution in [0.3, 0.4) is 0 Å². The first kappa shape index (κ1) is 16.7. The summed E-state index contributed by atoms with van der Waals surface area (Å²) in [4.78, 5) is 30.8. The summed E-state index contributed by atoms with van der Waals surface area (Å²) >= 11 is 0. The smallest absolute Gasteiger partial charge is 0.226 e. The molecule has 0 aromatic carbocycles. The summed E-state index contributed by atoms with van der Waals surface area (Å²) in [6.07, 6.45) is 12.1. The number of piperidine rings is 1. The highest BCUT2D eigenvalue weighted by Gasteiger charge is 2.30. The number of nitrogens with zero attached hydrogens (tertiary/aromatic N) is 2. The number of aromatic nitrogens is 1. The normalized spacial score (nSPS) is 21.5. The van der Waals surface area contributed by atoms with Crippen LogP contribution in [-0.4, -0.2) is 34.8 Å². The van der Waals surface area contributed by atoms with E-state index >= 15 is 0 Å². The van der Waals surface area contributed by atoms with Crippen molar-refractivity contribution in [3.8, 4) is 0 Å². The van der Waals surface area contributed by atoms with Gasteiger partial charge in [-0.3, -0.25) is 14.6 Å². The topological polar surface area (TPSA) is 62.3 Å². The standard InChI is InChI=1S/C19H25N3O2/c23-18(21-14-15-5-4-10-20-13-15)16-8-11-22(12-9-16)19(24)17-6-2-1-3-7-17/h1-2,4-5,10,13,16-17H,3,6-9,11-12,14H2,(H,21,23)/t17-/m0/s1. The van der Waals surface area contributed by atoms with Gasteiger partial charge in [0, 0.05) is 43.9 Å². The molecule has 1 aliphatic heterocycles. The van der Waals surface area contributed by atoms with Gasteiger partial charge >= 0.3 is 0 Å². The molecule has 1 saturated heterocycles. The number of carbonyl (C=O) groups excluding carboxylic acids is 2. The zero-order valence-corrected chi connectivity index (χ0v) is 14.0. The Labute approximate surface area is 143 Å². The maximum absolute atomic E-state index is 12.5. The van der Waals surface area contributed by atoms with Gasteiger partial charge in [-0.15, -0.1) is 0 Å². The van der Waals surface area contributed by atoms with E-state index in [0.29, 0.717) is 19.6 Å². The largest absolute Gasteiger partial charge is 0.352 e. The van der Waals surface area contributed by atoms with Gasteiger partial charge in [-0.1, -0.05) is 18.2 Å². The zero-order chi connectivity index (χ0) is 16.8. The van der Waals surface area contributed by atoms with Crippen molar-refractivity contribution in [2.75, 3.05) is 13.1 Å². The molecule has 24 heavy (non-hydrogen) atoms. The van der Waals surface area contributed by atoms with Crippen LogP contribution in [0, 0.1) is 11.8 Å². The molecule has 0 unspecified atom stereocenters. The summed E-state index contributed by atoms with van der Waals surface area (Å²) in [6.45, 7) is 1.91. The average Bonchev–Trinajstić information content (AvgIpc) is 2.67. The van der Waals surface area contributed by atoms with Crippen LogP contribution >= 0.6 is 0 Å². The van der Waals surface area contributed by atoms with Crippen LogP contribution in [0.25, 0.3) is 0 Å². The summed E-state index contributed by atoms with van der Waals surface area (Å²) in [7, 11) is 0. The van der Waals surface area contributed by atoms with Gasteiger partial charge in [0.25, 0.3) is 0 Å². The lowest BCUT2D eigenvalue weighted by atomic mass is 9.90. The molecule has 1 N–H and O–H groups in total. The third-order valence-electron chi connectivity index (χ3n) is 4.99. The quantitative estimate of drug-likeness (QED) is 0.863. The number of pyridine rings is 1. The molecule has 0 spiro atoms. The van der Waals surface area contributed by atoms with Gasteiger partial charge in [-0.2, -0.15) is 0 Å². The van der Waals surface area contributed by atoms with Crippen molar-refractivity contribution < 1.29 is 9.59 Å². The molecule has 3 rings (SSSR count). The Morgan fingerprint density at radius 2 is 2.00 bits per heavy atom. The molecule has 0 radical (unpaired) electrons. The van der Waals surface area contributed by atoms with Crippen molar-refractivity contribution in [2.45, 2.75) is 38.6 Å². The summed E-state index contributed by atoms with van der Waals surface area (Å²) in [5.41, 5.74) is 1.00. The van der Waals surface area contributed by atoms with Crippen molar-refractivity contribution in [1.29, 1.82) is 0 Å². The second kappa shape index (κ2) is 8.08. The van der Waals surface area contributed by atoms with E-state index in [-0.39, 0.29) is 23.7 Å². The van der Waals surface area contributed by atoms with E-state index in [4.69, 9.17) is 0 Å². The number of likely N-dealkylation sites (tertiary alicyclic amines) is 1. The Kier molecular flexibility index (Phi) is 5.62. The molecule has 1 fully saturated rings. The van der Waals surface area contributed by atoms with Gasteiger partial charge in [0.15, 0.2) is 0 Å². The van der Waals surface area contributed by atoms with E-state index in [1.54, 1.807) is 12.4 Å². The van der Waals surface area contributed by atoms with E-state index in [2.05, 4.69) is 22.5 Å². The van der Waals surface area contributed by atoms with Gasteiger partial charge in [0.1, 0.15) is 0 Å². The molecule has 1 aliphatic carbocycles. The first-order valence-corrected chi connectivity index (χ1v) is 8.84. The van der Waals surface area contributed by atoms with Gasteiger partial charge < -0.3 is 10.2 Å². The Morgan fingerprint density at radius 1 is 1.17 bits per heavy atom. The van der Waals surface area contributed by atoms with Crippen molar-refractivity contribution >= 4 is 11.8 Å².